The van der Waals surface area contributed by atoms with Crippen molar-refractivity contribution in [2.45, 2.75) is 0 Å². The van der Waals surface area contributed by atoms with Crippen LogP contribution in [0, 0.1) is 0 Å². The predicted molar refractivity (Wildman–Crippen MR) is 105 cm³/mol. The van der Waals surface area contributed by atoms with Crippen LogP contribution in [-0.4, -0.2) is 44.7 Å². The Morgan fingerprint density at radius 1 is 0.815 bits per heavy atom. The molecule has 0 aliphatic heterocycles. The summed E-state index contributed by atoms with van der Waals surface area (Å²) in [5.74, 6) is 0.766. The number of ether oxygens (including phenoxy) is 3. The average Bonchev–Trinajstić information content (AvgIpc) is 2.70. The Balaban J connectivity index is 1.53. The highest BCUT2D eigenvalue weighted by Gasteiger charge is 2.03. The number of nitrogens with zero attached hydrogens (tertiary/aromatic N) is 1. The molecule has 0 aliphatic rings. The van der Waals surface area contributed by atoms with Crippen LogP contribution in [0.1, 0.15) is 0 Å². The molecule has 6 heteroatoms. The number of benzene rings is 2. The fraction of sp³-hybridized carbons (Fsp3) is 0.286. The van der Waals surface area contributed by atoms with E-state index in [0.29, 0.717) is 26.4 Å². The molecule has 0 saturated heterocycles. The predicted octanol–water partition coefficient (Wildman–Crippen LogP) is 3.87. The number of pyridine rings is 1. The van der Waals surface area contributed by atoms with E-state index in [4.69, 9.17) is 24.9 Å². The van der Waals surface area contributed by atoms with Crippen LogP contribution in [0.4, 0.5) is 10.1 Å². The molecule has 1 aromatic heterocycles. The molecule has 1 heterocycles. The van der Waals surface area contributed by atoms with Crippen molar-refractivity contribution in [3.8, 4) is 17.0 Å². The Hall–Kier alpha value is -2.70. The highest BCUT2D eigenvalue weighted by molar-refractivity contribution is 5.83. The second-order valence-electron chi connectivity index (χ2n) is 5.94. The van der Waals surface area contributed by atoms with Gasteiger partial charge in [-0.05, 0) is 36.4 Å². The Morgan fingerprint density at radius 2 is 1.56 bits per heavy atom. The van der Waals surface area contributed by atoms with Crippen molar-refractivity contribution in [3.05, 3.63) is 54.6 Å². The molecule has 0 amide bonds. The van der Waals surface area contributed by atoms with Crippen LogP contribution in [-0.2, 0) is 9.47 Å². The molecule has 27 heavy (non-hydrogen) atoms. The van der Waals surface area contributed by atoms with Gasteiger partial charge in [0.2, 0.25) is 0 Å². The maximum absolute atomic E-state index is 11.8. The van der Waals surface area contributed by atoms with E-state index in [1.54, 1.807) is 0 Å². The first-order valence-electron chi connectivity index (χ1n) is 8.87. The van der Waals surface area contributed by atoms with E-state index in [2.05, 4.69) is 0 Å². The maximum atomic E-state index is 11.8. The second-order valence-corrected chi connectivity index (χ2v) is 5.94. The molecule has 0 spiro atoms. The van der Waals surface area contributed by atoms with Gasteiger partial charge in [0.15, 0.2) is 0 Å². The Kier molecular flexibility index (Phi) is 6.96. The van der Waals surface area contributed by atoms with Crippen LogP contribution < -0.4 is 10.5 Å². The van der Waals surface area contributed by atoms with Gasteiger partial charge in [-0.25, -0.2) is 9.37 Å². The second kappa shape index (κ2) is 9.85. The van der Waals surface area contributed by atoms with Gasteiger partial charge in [0.25, 0.3) is 0 Å². The normalized spacial score (nSPS) is 11.0. The van der Waals surface area contributed by atoms with E-state index < -0.39 is 6.67 Å². The lowest BCUT2D eigenvalue weighted by molar-refractivity contribution is 0.0325. The lowest BCUT2D eigenvalue weighted by Crippen LogP contribution is -2.11. The minimum Gasteiger partial charge on any atom is -0.491 e. The summed E-state index contributed by atoms with van der Waals surface area (Å²) < 4.78 is 27.9. The number of nitrogens with two attached hydrogens (primary N) is 1. The minimum absolute atomic E-state index is 0.116. The van der Waals surface area contributed by atoms with E-state index in [1.165, 1.54) is 0 Å². The summed E-state index contributed by atoms with van der Waals surface area (Å²) in [7, 11) is 0. The molecule has 0 aliphatic carbocycles. The van der Waals surface area contributed by atoms with Gasteiger partial charge < -0.3 is 19.9 Å². The third-order valence-corrected chi connectivity index (χ3v) is 3.96. The summed E-state index contributed by atoms with van der Waals surface area (Å²) in [6.07, 6.45) is 0. The van der Waals surface area contributed by atoms with Gasteiger partial charge in [-0.1, -0.05) is 18.2 Å². The van der Waals surface area contributed by atoms with Crippen LogP contribution in [0.25, 0.3) is 22.2 Å². The van der Waals surface area contributed by atoms with Crippen molar-refractivity contribution in [2.75, 3.05) is 45.4 Å². The first kappa shape index (κ1) is 19.1. The molecule has 3 aromatic rings. The van der Waals surface area contributed by atoms with E-state index in [0.717, 1.165) is 33.6 Å². The van der Waals surface area contributed by atoms with Gasteiger partial charge in [0.1, 0.15) is 19.0 Å². The lowest BCUT2D eigenvalue weighted by Gasteiger charge is -2.09. The number of hydrogen-bond acceptors (Lipinski definition) is 5. The van der Waals surface area contributed by atoms with Gasteiger partial charge in [-0.15, -0.1) is 0 Å². The molecule has 2 aromatic carbocycles. The molecule has 0 saturated carbocycles. The summed E-state index contributed by atoms with van der Waals surface area (Å²) >= 11 is 0. The molecule has 0 unspecified atom stereocenters. The first-order valence-corrected chi connectivity index (χ1v) is 8.87. The molecule has 0 atom stereocenters. The number of alkyl halides is 1. The third-order valence-electron chi connectivity index (χ3n) is 3.96. The zero-order chi connectivity index (χ0) is 18.9. The number of hydrogen-bond donors (Lipinski definition) is 1. The number of nitrogen functional groups attached to an aromatic ring is 1. The van der Waals surface area contributed by atoms with Crippen LogP contribution in [0.3, 0.4) is 0 Å². The quantitative estimate of drug-likeness (QED) is 0.434. The van der Waals surface area contributed by atoms with Gasteiger partial charge in [-0.3, -0.25) is 0 Å². The zero-order valence-electron chi connectivity index (χ0n) is 15.1. The summed E-state index contributed by atoms with van der Waals surface area (Å²) in [5.41, 5.74) is 9.30. The molecule has 142 valence electrons. The molecular weight excluding hydrogens is 346 g/mol. The molecule has 0 fully saturated rings. The fourth-order valence-corrected chi connectivity index (χ4v) is 2.60. The molecular formula is C21H23FN2O3. The van der Waals surface area contributed by atoms with E-state index in [1.807, 2.05) is 54.6 Å². The lowest BCUT2D eigenvalue weighted by atomic mass is 10.1. The standard InChI is InChI=1S/C21H23FN2O3/c22-9-10-25-11-12-26-13-14-27-19-6-8-21-17(15-19)3-7-20(24-21)16-1-4-18(23)5-2-16/h1-8,15H,9-14,23H2/i22-1. The highest BCUT2D eigenvalue weighted by Crippen LogP contribution is 2.24. The SMILES string of the molecule is Nc1ccc(-c2ccc3cc(OCCOCCOCC[18F])ccc3n2)cc1. The molecule has 5 nitrogen and oxygen atoms in total. The monoisotopic (exact) mass is 369 g/mol. The van der Waals surface area contributed by atoms with Crippen molar-refractivity contribution in [1.29, 1.82) is 0 Å². The van der Waals surface area contributed by atoms with E-state index in [9.17, 15) is 4.39 Å². The highest BCUT2D eigenvalue weighted by atomic mass is 18.2. The summed E-state index contributed by atoms with van der Waals surface area (Å²) in [5, 5.41) is 1.01. The minimum atomic E-state index is -0.471. The summed E-state index contributed by atoms with van der Waals surface area (Å²) in [6, 6.07) is 17.5. The number of rotatable bonds is 10. The third kappa shape index (κ3) is 5.64. The number of halogens is 1. The van der Waals surface area contributed by atoms with Crippen molar-refractivity contribution in [1.82, 2.24) is 4.98 Å². The van der Waals surface area contributed by atoms with Crippen LogP contribution in [0.15, 0.2) is 54.6 Å². The topological polar surface area (TPSA) is 66.6 Å². The summed E-state index contributed by atoms with van der Waals surface area (Å²) in [4.78, 5) is 4.70. The van der Waals surface area contributed by atoms with E-state index >= 15 is 0 Å². The molecule has 0 bridgehead atoms. The Labute approximate surface area is 157 Å². The van der Waals surface area contributed by atoms with E-state index in [-0.39, 0.29) is 6.61 Å². The first-order chi connectivity index (χ1) is 13.3. The zero-order valence-corrected chi connectivity index (χ0v) is 15.1. The van der Waals surface area contributed by atoms with Crippen molar-refractivity contribution in [3.63, 3.8) is 0 Å². The van der Waals surface area contributed by atoms with Gasteiger partial charge >= 0.3 is 0 Å². The van der Waals surface area contributed by atoms with Crippen LogP contribution in [0.2, 0.25) is 0 Å². The molecule has 2 N–H and O–H groups in total. The number of fused-ring (bicyclic) bond motifs is 1. The van der Waals surface area contributed by atoms with Crippen molar-refractivity contribution in [2.24, 2.45) is 0 Å². The fourth-order valence-electron chi connectivity index (χ4n) is 2.60. The maximum Gasteiger partial charge on any atom is 0.120 e. The largest absolute Gasteiger partial charge is 0.491 e. The summed E-state index contributed by atoms with van der Waals surface area (Å²) in [6.45, 7) is 1.35. The van der Waals surface area contributed by atoms with Crippen LogP contribution >= 0.6 is 0 Å². The Bertz CT molecular complexity index is 856. The molecule has 3 rings (SSSR count). The molecule has 0 radical (unpaired) electrons. The average molecular weight is 369 g/mol. The number of anilines is 1. The Morgan fingerprint density at radius 3 is 2.33 bits per heavy atom. The van der Waals surface area contributed by atoms with Gasteiger partial charge in [-0.2, -0.15) is 0 Å². The van der Waals surface area contributed by atoms with Gasteiger partial charge in [0, 0.05) is 16.6 Å². The van der Waals surface area contributed by atoms with Gasteiger partial charge in [0.05, 0.1) is 37.6 Å². The van der Waals surface area contributed by atoms with Crippen molar-refractivity contribution >= 4 is 16.6 Å². The number of aromatic nitrogens is 1. The smallest absolute Gasteiger partial charge is 0.120 e. The van der Waals surface area contributed by atoms with Crippen molar-refractivity contribution < 1.29 is 18.6 Å². The van der Waals surface area contributed by atoms with Crippen LogP contribution in [0.5, 0.6) is 5.75 Å².